The van der Waals surface area contributed by atoms with Crippen molar-refractivity contribution >= 4 is 5.95 Å². The molecule has 0 radical (unpaired) electrons. The second-order valence-corrected chi connectivity index (χ2v) is 6.06. The fraction of sp³-hybridized carbons (Fsp3) is 0.600. The van der Waals surface area contributed by atoms with Crippen molar-refractivity contribution in [1.29, 1.82) is 0 Å². The number of hydrogen-bond acceptors (Lipinski definition) is 6. The van der Waals surface area contributed by atoms with Crippen LogP contribution in [-0.4, -0.2) is 43.9 Å². The van der Waals surface area contributed by atoms with Crippen LogP contribution in [0.1, 0.15) is 30.7 Å². The number of nitrogens with one attached hydrogen (secondary N) is 1. The molecule has 2 aromatic heterocycles. The monoisotopic (exact) mass is 299 g/mol. The van der Waals surface area contributed by atoms with Crippen LogP contribution in [0.4, 0.5) is 5.95 Å². The Bertz CT molecular complexity index is 615. The van der Waals surface area contributed by atoms with Gasteiger partial charge in [-0.2, -0.15) is 5.10 Å². The van der Waals surface area contributed by atoms with E-state index in [-0.39, 0.29) is 0 Å². The smallest absolute Gasteiger partial charge is 0.225 e. The van der Waals surface area contributed by atoms with E-state index in [1.807, 2.05) is 17.1 Å². The molecule has 0 spiro atoms. The first-order valence-electron chi connectivity index (χ1n) is 8.04. The molecule has 22 heavy (non-hydrogen) atoms. The lowest BCUT2D eigenvalue weighted by atomic mass is 10.1. The average molecular weight is 299 g/mol. The molecule has 2 aliphatic rings. The molecule has 1 N–H and O–H groups in total. The van der Waals surface area contributed by atoms with Crippen LogP contribution in [-0.2, 0) is 19.5 Å². The fourth-order valence-corrected chi connectivity index (χ4v) is 3.19. The molecule has 0 bridgehead atoms. The summed E-state index contributed by atoms with van der Waals surface area (Å²) in [5.41, 5.74) is 1.13. The zero-order chi connectivity index (χ0) is 14.8. The Morgan fingerprint density at radius 1 is 1.14 bits per heavy atom. The summed E-state index contributed by atoms with van der Waals surface area (Å²) in [6.45, 7) is 3.86. The molecule has 1 fully saturated rings. The number of anilines is 1. The summed E-state index contributed by atoms with van der Waals surface area (Å²) in [6.07, 6.45) is 10.1. The quantitative estimate of drug-likeness (QED) is 0.899. The zero-order valence-corrected chi connectivity index (χ0v) is 12.6. The molecule has 0 aromatic carbocycles. The molecular formula is C15H21N7. The van der Waals surface area contributed by atoms with Gasteiger partial charge in [-0.3, -0.25) is 0 Å². The normalized spacial score (nSPS) is 21.1. The number of aryl methyl sites for hydroxylation is 1. The number of hydrogen-bond donors (Lipinski definition) is 1. The molecule has 1 saturated heterocycles. The number of rotatable bonds is 4. The third kappa shape index (κ3) is 2.81. The van der Waals surface area contributed by atoms with Gasteiger partial charge in [0.2, 0.25) is 5.95 Å². The zero-order valence-electron chi connectivity index (χ0n) is 12.6. The predicted octanol–water partition coefficient (Wildman–Crippen LogP) is 0.773. The SMILES string of the molecule is c1nc2n(n1)C[C@H](NCc1cnc(N3CCCC3)nc1)CC2. The Kier molecular flexibility index (Phi) is 3.72. The molecule has 7 heteroatoms. The van der Waals surface area contributed by atoms with E-state index in [0.29, 0.717) is 6.04 Å². The lowest BCUT2D eigenvalue weighted by molar-refractivity contribution is 0.358. The van der Waals surface area contributed by atoms with Crippen LogP contribution >= 0.6 is 0 Å². The molecule has 7 nitrogen and oxygen atoms in total. The topological polar surface area (TPSA) is 71.8 Å². The Morgan fingerprint density at radius 3 is 2.77 bits per heavy atom. The molecule has 2 aromatic rings. The molecule has 116 valence electrons. The van der Waals surface area contributed by atoms with E-state index in [0.717, 1.165) is 56.4 Å². The Labute approximate surface area is 129 Å². The third-order valence-corrected chi connectivity index (χ3v) is 4.48. The van der Waals surface area contributed by atoms with Gasteiger partial charge in [-0.05, 0) is 19.3 Å². The highest BCUT2D eigenvalue weighted by molar-refractivity contribution is 5.30. The van der Waals surface area contributed by atoms with Gasteiger partial charge in [-0.25, -0.2) is 19.6 Å². The largest absolute Gasteiger partial charge is 0.341 e. The molecule has 1 atom stereocenters. The van der Waals surface area contributed by atoms with Crippen molar-refractivity contribution in [2.45, 2.75) is 44.8 Å². The Balaban J connectivity index is 1.32. The molecule has 0 aliphatic carbocycles. The highest BCUT2D eigenvalue weighted by atomic mass is 15.3. The average Bonchev–Trinajstić information content (AvgIpc) is 3.24. The maximum absolute atomic E-state index is 4.50. The van der Waals surface area contributed by atoms with Gasteiger partial charge in [-0.15, -0.1) is 0 Å². The summed E-state index contributed by atoms with van der Waals surface area (Å²) in [5.74, 6) is 1.96. The van der Waals surface area contributed by atoms with Gasteiger partial charge < -0.3 is 10.2 Å². The van der Waals surface area contributed by atoms with E-state index in [2.05, 4.69) is 30.3 Å². The van der Waals surface area contributed by atoms with E-state index in [4.69, 9.17) is 0 Å². The van der Waals surface area contributed by atoms with Gasteiger partial charge in [0, 0.05) is 50.1 Å². The Morgan fingerprint density at radius 2 is 1.95 bits per heavy atom. The molecule has 4 rings (SSSR count). The van der Waals surface area contributed by atoms with Crippen molar-refractivity contribution in [2.75, 3.05) is 18.0 Å². The molecule has 0 amide bonds. The van der Waals surface area contributed by atoms with Crippen molar-refractivity contribution in [3.63, 3.8) is 0 Å². The lowest BCUT2D eigenvalue weighted by Gasteiger charge is -2.23. The van der Waals surface area contributed by atoms with Gasteiger partial charge in [0.15, 0.2) is 0 Å². The molecule has 2 aliphatic heterocycles. The highest BCUT2D eigenvalue weighted by Gasteiger charge is 2.19. The van der Waals surface area contributed by atoms with Crippen LogP contribution in [0.5, 0.6) is 0 Å². The van der Waals surface area contributed by atoms with Crippen LogP contribution in [0.15, 0.2) is 18.7 Å². The van der Waals surface area contributed by atoms with Crippen LogP contribution in [0.3, 0.4) is 0 Å². The van der Waals surface area contributed by atoms with Crippen LogP contribution in [0.25, 0.3) is 0 Å². The molecule has 0 unspecified atom stereocenters. The summed E-state index contributed by atoms with van der Waals surface area (Å²) in [4.78, 5) is 15.5. The first kappa shape index (κ1) is 13.6. The predicted molar refractivity (Wildman–Crippen MR) is 82.4 cm³/mol. The minimum absolute atomic E-state index is 0.437. The summed E-state index contributed by atoms with van der Waals surface area (Å²) < 4.78 is 1.99. The van der Waals surface area contributed by atoms with E-state index in [9.17, 15) is 0 Å². The highest BCUT2D eigenvalue weighted by Crippen LogP contribution is 2.15. The summed E-state index contributed by atoms with van der Waals surface area (Å²) in [5, 5.41) is 7.83. The van der Waals surface area contributed by atoms with E-state index >= 15 is 0 Å². The van der Waals surface area contributed by atoms with E-state index < -0.39 is 0 Å². The van der Waals surface area contributed by atoms with Crippen molar-refractivity contribution in [3.8, 4) is 0 Å². The third-order valence-electron chi connectivity index (χ3n) is 4.48. The van der Waals surface area contributed by atoms with Gasteiger partial charge in [-0.1, -0.05) is 0 Å². The van der Waals surface area contributed by atoms with E-state index in [1.54, 1.807) is 6.33 Å². The van der Waals surface area contributed by atoms with Crippen molar-refractivity contribution in [3.05, 3.63) is 30.1 Å². The van der Waals surface area contributed by atoms with E-state index in [1.165, 1.54) is 12.8 Å². The standard InChI is InChI=1S/C15H21N7/c1-2-6-21(5-1)15-17-8-12(9-18-15)7-16-13-3-4-14-19-11-20-22(14)10-13/h8-9,11,13,16H,1-7,10H2/t13-/m1/s1. The molecule has 4 heterocycles. The fourth-order valence-electron chi connectivity index (χ4n) is 3.19. The van der Waals surface area contributed by atoms with Gasteiger partial charge in [0.25, 0.3) is 0 Å². The van der Waals surface area contributed by atoms with Gasteiger partial charge in [0.1, 0.15) is 12.2 Å². The van der Waals surface area contributed by atoms with Crippen molar-refractivity contribution < 1.29 is 0 Å². The number of aromatic nitrogens is 5. The van der Waals surface area contributed by atoms with Crippen LogP contribution in [0, 0.1) is 0 Å². The lowest BCUT2D eigenvalue weighted by Crippen LogP contribution is -2.37. The maximum atomic E-state index is 4.50. The van der Waals surface area contributed by atoms with Crippen molar-refractivity contribution in [1.82, 2.24) is 30.0 Å². The second-order valence-electron chi connectivity index (χ2n) is 6.06. The molecule has 0 saturated carbocycles. The Hall–Kier alpha value is -2.02. The van der Waals surface area contributed by atoms with Crippen LogP contribution in [0.2, 0.25) is 0 Å². The van der Waals surface area contributed by atoms with Gasteiger partial charge in [0.05, 0.1) is 6.54 Å². The molecular weight excluding hydrogens is 278 g/mol. The first-order chi connectivity index (χ1) is 10.9. The summed E-state index contributed by atoms with van der Waals surface area (Å²) in [7, 11) is 0. The number of fused-ring (bicyclic) bond motifs is 1. The minimum atomic E-state index is 0.437. The second kappa shape index (κ2) is 6.00. The minimum Gasteiger partial charge on any atom is -0.341 e. The first-order valence-corrected chi connectivity index (χ1v) is 8.04. The van der Waals surface area contributed by atoms with Crippen LogP contribution < -0.4 is 10.2 Å². The van der Waals surface area contributed by atoms with Gasteiger partial charge >= 0.3 is 0 Å². The maximum Gasteiger partial charge on any atom is 0.225 e. The van der Waals surface area contributed by atoms with Crippen molar-refractivity contribution in [2.24, 2.45) is 0 Å². The summed E-state index contributed by atoms with van der Waals surface area (Å²) in [6, 6.07) is 0.437. The summed E-state index contributed by atoms with van der Waals surface area (Å²) >= 11 is 0. The number of nitrogens with zero attached hydrogens (tertiary/aromatic N) is 6.